The number of benzene rings is 2. The molecule has 1 aliphatic rings. The second kappa shape index (κ2) is 10.8. The Balaban J connectivity index is 1.32. The van der Waals surface area contributed by atoms with Gasteiger partial charge in [-0.25, -0.2) is 9.07 Å². The summed E-state index contributed by atoms with van der Waals surface area (Å²) in [5, 5.41) is 16.9. The Hall–Kier alpha value is -2.96. The predicted molar refractivity (Wildman–Crippen MR) is 132 cm³/mol. The van der Waals surface area contributed by atoms with Crippen molar-refractivity contribution in [2.45, 2.75) is 23.8 Å². The van der Waals surface area contributed by atoms with E-state index in [2.05, 4.69) is 16.5 Å². The third-order valence-electron chi connectivity index (χ3n) is 5.32. The van der Waals surface area contributed by atoms with E-state index < -0.39 is 0 Å². The molecule has 1 aromatic heterocycles. The highest BCUT2D eigenvalue weighted by atomic mass is 32.2. The highest BCUT2D eigenvalue weighted by Gasteiger charge is 2.18. The zero-order valence-electron chi connectivity index (χ0n) is 18.0. The van der Waals surface area contributed by atoms with Gasteiger partial charge in [-0.05, 0) is 72.7 Å². The van der Waals surface area contributed by atoms with Crippen molar-refractivity contribution in [2.24, 2.45) is 0 Å². The van der Waals surface area contributed by atoms with Gasteiger partial charge in [0.05, 0.1) is 16.0 Å². The molecule has 3 aromatic rings. The number of carbonyl (C=O) groups is 1. The second-order valence-corrected chi connectivity index (χ2v) is 10.3. The van der Waals surface area contributed by atoms with Crippen LogP contribution in [0.2, 0.25) is 0 Å². The van der Waals surface area contributed by atoms with Gasteiger partial charge in [0.2, 0.25) is 0 Å². The molecule has 1 aliphatic heterocycles. The number of aromatic nitrogens is 2. The largest absolute Gasteiger partial charge is 0.382 e. The van der Waals surface area contributed by atoms with Gasteiger partial charge in [-0.15, -0.1) is 23.5 Å². The number of nitriles is 1. The monoisotopic (exact) mass is 481 g/mol. The molecule has 0 saturated carbocycles. The SMILES string of the molecule is N#Cc1c(CCCNC(=O)c2ccc(C3SCCCS3)cc2)nn(-c2ccc(F)cc2)c1N. The fraction of sp³-hybridized carbons (Fsp3) is 0.292. The van der Waals surface area contributed by atoms with Crippen molar-refractivity contribution in [3.8, 4) is 11.8 Å². The molecule has 9 heteroatoms. The van der Waals surface area contributed by atoms with Crippen molar-refractivity contribution in [3.63, 3.8) is 0 Å². The molecule has 3 N–H and O–H groups in total. The molecule has 0 aliphatic carbocycles. The van der Waals surface area contributed by atoms with Crippen molar-refractivity contribution >= 4 is 35.2 Å². The molecule has 0 radical (unpaired) electrons. The lowest BCUT2D eigenvalue weighted by Crippen LogP contribution is -2.24. The van der Waals surface area contributed by atoms with Gasteiger partial charge in [0.1, 0.15) is 23.3 Å². The van der Waals surface area contributed by atoms with Gasteiger partial charge in [-0.3, -0.25) is 4.79 Å². The molecule has 1 saturated heterocycles. The summed E-state index contributed by atoms with van der Waals surface area (Å²) in [5.41, 5.74) is 9.41. The van der Waals surface area contributed by atoms with Crippen LogP contribution >= 0.6 is 23.5 Å². The Bertz CT molecular complexity index is 1150. The van der Waals surface area contributed by atoms with Crippen LogP contribution in [0.5, 0.6) is 0 Å². The fourth-order valence-electron chi connectivity index (χ4n) is 3.59. The number of hydrogen-bond donors (Lipinski definition) is 2. The number of aryl methyl sites for hydroxylation is 1. The summed E-state index contributed by atoms with van der Waals surface area (Å²) >= 11 is 3.91. The lowest BCUT2D eigenvalue weighted by Gasteiger charge is -2.21. The number of rotatable bonds is 7. The number of nitrogen functional groups attached to an aromatic ring is 1. The van der Waals surface area contributed by atoms with Gasteiger partial charge in [0, 0.05) is 12.1 Å². The molecule has 2 heterocycles. The Labute approximate surface area is 200 Å². The Morgan fingerprint density at radius 1 is 1.18 bits per heavy atom. The lowest BCUT2D eigenvalue weighted by molar-refractivity contribution is 0.0953. The van der Waals surface area contributed by atoms with Crippen molar-refractivity contribution in [1.82, 2.24) is 15.1 Å². The number of hydrogen-bond acceptors (Lipinski definition) is 6. The third kappa shape index (κ3) is 5.52. The topological polar surface area (TPSA) is 96.7 Å². The average Bonchev–Trinajstić information content (AvgIpc) is 3.17. The summed E-state index contributed by atoms with van der Waals surface area (Å²) in [4.78, 5) is 12.5. The minimum atomic E-state index is -0.359. The summed E-state index contributed by atoms with van der Waals surface area (Å²) in [7, 11) is 0. The minimum Gasteiger partial charge on any atom is -0.382 e. The highest BCUT2D eigenvalue weighted by Crippen LogP contribution is 2.43. The van der Waals surface area contributed by atoms with Crippen LogP contribution in [0.25, 0.3) is 5.69 Å². The fourth-order valence-corrected chi connectivity index (χ4v) is 6.48. The molecule has 0 spiro atoms. The van der Waals surface area contributed by atoms with Crippen molar-refractivity contribution in [2.75, 3.05) is 23.8 Å². The van der Waals surface area contributed by atoms with Crippen LogP contribution in [0, 0.1) is 17.1 Å². The third-order valence-corrected chi connectivity index (χ3v) is 8.34. The Kier molecular flexibility index (Phi) is 7.57. The van der Waals surface area contributed by atoms with Gasteiger partial charge < -0.3 is 11.1 Å². The number of halogens is 1. The molecule has 1 amide bonds. The maximum Gasteiger partial charge on any atom is 0.251 e. The van der Waals surface area contributed by atoms with Crippen LogP contribution < -0.4 is 11.1 Å². The van der Waals surface area contributed by atoms with E-state index in [9.17, 15) is 14.4 Å². The quantitative estimate of drug-likeness (QED) is 0.475. The summed E-state index contributed by atoms with van der Waals surface area (Å²) in [6.45, 7) is 0.448. The molecule has 6 nitrogen and oxygen atoms in total. The van der Waals surface area contributed by atoms with E-state index >= 15 is 0 Å². The van der Waals surface area contributed by atoms with Crippen LogP contribution in [0.4, 0.5) is 10.2 Å². The molecule has 0 bridgehead atoms. The molecular weight excluding hydrogens is 457 g/mol. The lowest BCUT2D eigenvalue weighted by atomic mass is 10.1. The van der Waals surface area contributed by atoms with E-state index in [1.54, 1.807) is 12.1 Å². The van der Waals surface area contributed by atoms with Crippen molar-refractivity contribution in [1.29, 1.82) is 5.26 Å². The first-order valence-electron chi connectivity index (χ1n) is 10.7. The second-order valence-electron chi connectivity index (χ2n) is 7.62. The summed E-state index contributed by atoms with van der Waals surface area (Å²) < 4.78 is 15.1. The number of carbonyl (C=O) groups excluding carboxylic acids is 1. The van der Waals surface area contributed by atoms with Gasteiger partial charge in [0.25, 0.3) is 5.91 Å². The zero-order valence-corrected chi connectivity index (χ0v) is 19.6. The van der Waals surface area contributed by atoms with Gasteiger partial charge in [0.15, 0.2) is 0 Å². The van der Waals surface area contributed by atoms with Gasteiger partial charge in [-0.2, -0.15) is 10.4 Å². The average molecular weight is 482 g/mol. The normalized spacial score (nSPS) is 14.1. The molecule has 1 fully saturated rings. The maximum absolute atomic E-state index is 13.2. The van der Waals surface area contributed by atoms with E-state index in [4.69, 9.17) is 5.73 Å². The minimum absolute atomic E-state index is 0.123. The standard InChI is InChI=1S/C24H24FN5OS2/c25-18-8-10-19(11-9-18)30-22(27)20(15-26)21(29-30)3-1-12-28-23(31)16-4-6-17(7-5-16)24-32-13-2-14-33-24/h4-11,24H,1-3,12-14,27H2,(H,28,31). The van der Waals surface area contributed by atoms with Crippen LogP contribution in [-0.4, -0.2) is 33.7 Å². The molecule has 2 aromatic carbocycles. The smallest absolute Gasteiger partial charge is 0.251 e. The van der Waals surface area contributed by atoms with Crippen LogP contribution in [0.1, 0.15) is 44.6 Å². The first kappa shape index (κ1) is 23.2. The number of anilines is 1. The van der Waals surface area contributed by atoms with Gasteiger partial charge >= 0.3 is 0 Å². The van der Waals surface area contributed by atoms with Gasteiger partial charge in [-0.1, -0.05) is 12.1 Å². The van der Waals surface area contributed by atoms with Crippen molar-refractivity contribution in [3.05, 3.63) is 76.7 Å². The molecular formula is C24H24FN5OS2. The summed E-state index contributed by atoms with van der Waals surface area (Å²) in [6, 6.07) is 15.7. The molecule has 0 atom stereocenters. The predicted octanol–water partition coefficient (Wildman–Crippen LogP) is 4.70. The number of thioether (sulfide) groups is 2. The molecule has 170 valence electrons. The van der Waals surface area contributed by atoms with Crippen LogP contribution in [0.3, 0.4) is 0 Å². The van der Waals surface area contributed by atoms with Crippen LogP contribution in [-0.2, 0) is 6.42 Å². The van der Waals surface area contributed by atoms with E-state index in [1.165, 1.54) is 40.3 Å². The molecule has 33 heavy (non-hydrogen) atoms. The Morgan fingerprint density at radius 2 is 1.88 bits per heavy atom. The Morgan fingerprint density at radius 3 is 2.55 bits per heavy atom. The molecule has 4 rings (SSSR count). The van der Waals surface area contributed by atoms with E-state index in [0.717, 1.165) is 0 Å². The number of amides is 1. The van der Waals surface area contributed by atoms with E-state index in [-0.39, 0.29) is 17.5 Å². The highest BCUT2D eigenvalue weighted by molar-refractivity contribution is 8.16. The first-order valence-corrected chi connectivity index (χ1v) is 12.8. The number of nitrogens with one attached hydrogen (secondary N) is 1. The van der Waals surface area contributed by atoms with E-state index in [1.807, 2.05) is 47.8 Å². The first-order chi connectivity index (χ1) is 16.1. The zero-order chi connectivity index (χ0) is 23.2. The maximum atomic E-state index is 13.2. The van der Waals surface area contributed by atoms with E-state index in [0.29, 0.717) is 46.5 Å². The van der Waals surface area contributed by atoms with Crippen molar-refractivity contribution < 1.29 is 9.18 Å². The number of nitrogens with two attached hydrogens (primary N) is 1. The van der Waals surface area contributed by atoms with Crippen LogP contribution in [0.15, 0.2) is 48.5 Å². The summed E-state index contributed by atoms with van der Waals surface area (Å²) in [5.74, 6) is 2.10. The number of nitrogens with zero attached hydrogens (tertiary/aromatic N) is 3. The summed E-state index contributed by atoms with van der Waals surface area (Å²) in [6.07, 6.45) is 2.34. The molecule has 0 unspecified atom stereocenters.